The summed E-state index contributed by atoms with van der Waals surface area (Å²) in [4.78, 5) is 10.8. The van der Waals surface area contributed by atoms with Crippen molar-refractivity contribution in [3.8, 4) is 0 Å². The second-order valence-electron chi connectivity index (χ2n) is 5.37. The molecule has 1 fully saturated rings. The third-order valence-corrected chi connectivity index (χ3v) is 4.36. The van der Waals surface area contributed by atoms with Crippen LogP contribution in [0.15, 0.2) is 11.6 Å². The fourth-order valence-electron chi connectivity index (χ4n) is 3.07. The van der Waals surface area contributed by atoms with Crippen LogP contribution in [-0.4, -0.2) is 19.9 Å². The molecular formula is C13H20O3. The fraction of sp³-hybridized carbons (Fsp3) is 0.769. The molecule has 0 saturated heterocycles. The summed E-state index contributed by atoms with van der Waals surface area (Å²) in [6, 6.07) is 0. The Balaban J connectivity index is 1.83. The third kappa shape index (κ3) is 1.83. The fourth-order valence-corrected chi connectivity index (χ4v) is 3.07. The lowest BCUT2D eigenvalue weighted by molar-refractivity contribution is -0.0105. The standard InChI is InChI=1S/C13H20O3/c1-13(2)10-5-4-9(11(13)8-10)6-7-16-12(14)15-3/h4,10-11H,5-8H2,1-3H3/t10-,11-/m0/s1. The number of carbonyl (C=O) groups excluding carboxylic acids is 1. The van der Waals surface area contributed by atoms with E-state index in [0.29, 0.717) is 17.9 Å². The van der Waals surface area contributed by atoms with Gasteiger partial charge in [0.05, 0.1) is 13.7 Å². The molecule has 3 heteroatoms. The first kappa shape index (κ1) is 11.5. The lowest BCUT2D eigenvalue weighted by Gasteiger charge is -2.56. The number of methoxy groups -OCH3 is 1. The topological polar surface area (TPSA) is 35.5 Å². The van der Waals surface area contributed by atoms with Crippen LogP contribution in [0.3, 0.4) is 0 Å². The van der Waals surface area contributed by atoms with Crippen molar-refractivity contribution in [1.29, 1.82) is 0 Å². The minimum absolute atomic E-state index is 0.440. The van der Waals surface area contributed by atoms with E-state index in [1.54, 1.807) is 0 Å². The molecule has 0 aromatic carbocycles. The third-order valence-electron chi connectivity index (χ3n) is 4.36. The van der Waals surface area contributed by atoms with Crippen LogP contribution in [0.25, 0.3) is 0 Å². The van der Waals surface area contributed by atoms with Crippen molar-refractivity contribution < 1.29 is 14.3 Å². The van der Waals surface area contributed by atoms with Gasteiger partial charge in [0, 0.05) is 6.42 Å². The van der Waals surface area contributed by atoms with E-state index in [2.05, 4.69) is 24.7 Å². The Bertz CT molecular complexity index is 317. The zero-order valence-corrected chi connectivity index (χ0v) is 10.3. The molecule has 3 aliphatic rings. The highest BCUT2D eigenvalue weighted by atomic mass is 16.7. The number of hydrogen-bond acceptors (Lipinski definition) is 3. The highest BCUT2D eigenvalue weighted by Crippen LogP contribution is 2.59. The molecule has 0 heterocycles. The molecule has 1 saturated carbocycles. The number of rotatable bonds is 3. The van der Waals surface area contributed by atoms with Gasteiger partial charge in [-0.05, 0) is 30.1 Å². The van der Waals surface area contributed by atoms with Gasteiger partial charge in [0.15, 0.2) is 0 Å². The first-order valence-electron chi connectivity index (χ1n) is 5.95. The zero-order valence-electron chi connectivity index (χ0n) is 10.3. The van der Waals surface area contributed by atoms with E-state index < -0.39 is 6.16 Å². The van der Waals surface area contributed by atoms with Crippen LogP contribution in [-0.2, 0) is 9.47 Å². The lowest BCUT2D eigenvalue weighted by atomic mass is 9.48. The van der Waals surface area contributed by atoms with Gasteiger partial charge in [-0.15, -0.1) is 0 Å². The number of hydrogen-bond donors (Lipinski definition) is 0. The van der Waals surface area contributed by atoms with Gasteiger partial charge in [0.25, 0.3) is 0 Å². The summed E-state index contributed by atoms with van der Waals surface area (Å²) in [6.45, 7) is 5.13. The first-order valence-corrected chi connectivity index (χ1v) is 5.95. The molecule has 0 N–H and O–H groups in total. The highest BCUT2D eigenvalue weighted by molar-refractivity contribution is 5.59. The lowest BCUT2D eigenvalue weighted by Crippen LogP contribution is -2.48. The maximum atomic E-state index is 10.8. The summed E-state index contributed by atoms with van der Waals surface area (Å²) in [5.41, 5.74) is 1.92. The average Bonchev–Trinajstić information content (AvgIpc) is 2.28. The number of allylic oxidation sites excluding steroid dienone is 1. The predicted octanol–water partition coefficient (Wildman–Crippen LogP) is 3.15. The van der Waals surface area contributed by atoms with Gasteiger partial charge in [0.2, 0.25) is 0 Å². The molecule has 0 aromatic rings. The molecule has 0 radical (unpaired) electrons. The Morgan fingerprint density at radius 1 is 1.56 bits per heavy atom. The highest BCUT2D eigenvalue weighted by Gasteiger charge is 2.50. The van der Waals surface area contributed by atoms with Crippen LogP contribution >= 0.6 is 0 Å². The van der Waals surface area contributed by atoms with Gasteiger partial charge >= 0.3 is 6.16 Å². The smallest absolute Gasteiger partial charge is 0.438 e. The number of ether oxygens (including phenoxy) is 2. The maximum absolute atomic E-state index is 10.8. The van der Waals surface area contributed by atoms with Crippen molar-refractivity contribution in [3.63, 3.8) is 0 Å². The molecule has 16 heavy (non-hydrogen) atoms. The van der Waals surface area contributed by atoms with E-state index in [1.165, 1.54) is 25.5 Å². The maximum Gasteiger partial charge on any atom is 0.507 e. The molecule has 0 unspecified atom stereocenters. The Kier molecular flexibility index (Phi) is 2.96. The normalized spacial score (nSPS) is 30.1. The van der Waals surface area contributed by atoms with Crippen molar-refractivity contribution in [3.05, 3.63) is 11.6 Å². The molecule has 3 nitrogen and oxygen atoms in total. The van der Waals surface area contributed by atoms with Crippen LogP contribution in [0, 0.1) is 17.3 Å². The second kappa shape index (κ2) is 4.11. The van der Waals surface area contributed by atoms with Crippen molar-refractivity contribution in [2.75, 3.05) is 13.7 Å². The minimum atomic E-state index is -0.581. The van der Waals surface area contributed by atoms with Crippen molar-refractivity contribution >= 4 is 6.16 Å². The molecule has 3 aliphatic carbocycles. The quantitative estimate of drug-likeness (QED) is 0.545. The molecule has 0 aromatic heterocycles. The summed E-state index contributed by atoms with van der Waals surface area (Å²) >= 11 is 0. The van der Waals surface area contributed by atoms with E-state index in [1.807, 2.05) is 0 Å². The second-order valence-corrected chi connectivity index (χ2v) is 5.37. The molecule has 90 valence electrons. The van der Waals surface area contributed by atoms with Crippen molar-refractivity contribution in [2.45, 2.75) is 33.1 Å². The minimum Gasteiger partial charge on any atom is -0.438 e. The summed E-state index contributed by atoms with van der Waals surface area (Å²) in [7, 11) is 1.34. The zero-order chi connectivity index (χ0) is 11.8. The Hall–Kier alpha value is -0.990. The van der Waals surface area contributed by atoms with Gasteiger partial charge in [0.1, 0.15) is 0 Å². The van der Waals surface area contributed by atoms with Gasteiger partial charge in [-0.25, -0.2) is 4.79 Å². The van der Waals surface area contributed by atoms with Gasteiger partial charge in [-0.3, -0.25) is 0 Å². The average molecular weight is 224 g/mol. The van der Waals surface area contributed by atoms with E-state index in [0.717, 1.165) is 12.3 Å². The Morgan fingerprint density at radius 3 is 2.88 bits per heavy atom. The monoisotopic (exact) mass is 224 g/mol. The summed E-state index contributed by atoms with van der Waals surface area (Å²) in [6.07, 6.45) is 5.12. The number of carbonyl (C=O) groups is 1. The Labute approximate surface area is 96.8 Å². The van der Waals surface area contributed by atoms with E-state index in [9.17, 15) is 4.79 Å². The predicted molar refractivity (Wildman–Crippen MR) is 61.1 cm³/mol. The van der Waals surface area contributed by atoms with Crippen LogP contribution in [0.2, 0.25) is 0 Å². The van der Waals surface area contributed by atoms with Crippen LogP contribution in [0.4, 0.5) is 4.79 Å². The molecule has 0 aliphatic heterocycles. The summed E-state index contributed by atoms with van der Waals surface area (Å²) < 4.78 is 9.36. The molecule has 2 bridgehead atoms. The molecule has 2 atom stereocenters. The van der Waals surface area contributed by atoms with Gasteiger partial charge < -0.3 is 9.47 Å². The van der Waals surface area contributed by atoms with Crippen LogP contribution in [0.1, 0.15) is 33.1 Å². The van der Waals surface area contributed by atoms with Gasteiger partial charge in [-0.2, -0.15) is 0 Å². The van der Waals surface area contributed by atoms with Crippen LogP contribution < -0.4 is 0 Å². The van der Waals surface area contributed by atoms with E-state index in [4.69, 9.17) is 4.74 Å². The molecular weight excluding hydrogens is 204 g/mol. The van der Waals surface area contributed by atoms with E-state index >= 15 is 0 Å². The SMILES string of the molecule is COC(=O)OCCC1=CC[C@H]2C[C@@H]1C2(C)C. The van der Waals surface area contributed by atoms with Crippen molar-refractivity contribution in [2.24, 2.45) is 17.3 Å². The van der Waals surface area contributed by atoms with Crippen molar-refractivity contribution in [1.82, 2.24) is 0 Å². The largest absolute Gasteiger partial charge is 0.507 e. The molecule has 0 spiro atoms. The molecule has 3 rings (SSSR count). The summed E-state index contributed by atoms with van der Waals surface area (Å²) in [5, 5.41) is 0. The van der Waals surface area contributed by atoms with E-state index in [-0.39, 0.29) is 0 Å². The number of fused-ring (bicyclic) bond motifs is 1. The van der Waals surface area contributed by atoms with Crippen LogP contribution in [0.5, 0.6) is 0 Å². The van der Waals surface area contributed by atoms with Gasteiger partial charge in [-0.1, -0.05) is 25.5 Å². The Morgan fingerprint density at radius 2 is 2.31 bits per heavy atom. The summed E-state index contributed by atoms with van der Waals surface area (Å²) in [5.74, 6) is 1.57. The molecule has 0 amide bonds. The first-order chi connectivity index (χ1) is 7.55.